The predicted octanol–water partition coefficient (Wildman–Crippen LogP) is 2.46. The van der Waals surface area contributed by atoms with Crippen molar-refractivity contribution in [3.05, 3.63) is 51.7 Å². The molecule has 2 aromatic heterocycles. The van der Waals surface area contributed by atoms with Gasteiger partial charge >= 0.3 is 0 Å². The molecule has 0 aliphatic rings. The number of hydrogen-bond acceptors (Lipinski definition) is 5. The van der Waals surface area contributed by atoms with Gasteiger partial charge in [-0.2, -0.15) is 5.10 Å². The summed E-state index contributed by atoms with van der Waals surface area (Å²) < 4.78 is 6.56. The van der Waals surface area contributed by atoms with Gasteiger partial charge in [-0.25, -0.2) is 4.68 Å². The zero-order valence-corrected chi connectivity index (χ0v) is 12.1. The third kappa shape index (κ3) is 2.57. The van der Waals surface area contributed by atoms with Gasteiger partial charge in [0.15, 0.2) is 5.15 Å². The van der Waals surface area contributed by atoms with Crippen LogP contribution in [0, 0.1) is 6.92 Å². The highest BCUT2D eigenvalue weighted by atomic mass is 35.5. The normalized spacial score (nSPS) is 10.8. The van der Waals surface area contributed by atoms with E-state index in [4.69, 9.17) is 16.0 Å². The first-order valence-corrected chi connectivity index (χ1v) is 6.57. The van der Waals surface area contributed by atoms with E-state index in [0.29, 0.717) is 17.3 Å². The van der Waals surface area contributed by atoms with Crippen molar-refractivity contribution < 1.29 is 4.42 Å². The third-order valence-electron chi connectivity index (χ3n) is 3.02. The van der Waals surface area contributed by atoms with Gasteiger partial charge in [-0.1, -0.05) is 23.7 Å². The second kappa shape index (κ2) is 5.14. The van der Waals surface area contributed by atoms with E-state index in [1.165, 1.54) is 10.7 Å². The summed E-state index contributed by atoms with van der Waals surface area (Å²) in [4.78, 5) is 11.7. The van der Waals surface area contributed by atoms with Crippen LogP contribution in [-0.2, 0) is 7.05 Å². The molecule has 0 bridgehead atoms. The Hall–Kier alpha value is -2.47. The van der Waals surface area contributed by atoms with E-state index < -0.39 is 0 Å². The quantitative estimate of drug-likeness (QED) is 0.727. The van der Waals surface area contributed by atoms with Crippen LogP contribution in [0.25, 0.3) is 22.6 Å². The Balaban J connectivity index is 2.02. The van der Waals surface area contributed by atoms with Crippen molar-refractivity contribution in [2.75, 3.05) is 0 Å². The molecule has 7 heteroatoms. The van der Waals surface area contributed by atoms with Crippen LogP contribution in [0.2, 0.25) is 5.15 Å². The van der Waals surface area contributed by atoms with Crippen LogP contribution in [0.3, 0.4) is 0 Å². The maximum Gasteiger partial charge on any atom is 0.267 e. The van der Waals surface area contributed by atoms with Crippen molar-refractivity contribution in [2.24, 2.45) is 7.05 Å². The fourth-order valence-corrected chi connectivity index (χ4v) is 2.20. The molecule has 2 heterocycles. The molecule has 0 spiro atoms. The van der Waals surface area contributed by atoms with Gasteiger partial charge in [0.1, 0.15) is 0 Å². The van der Waals surface area contributed by atoms with E-state index in [1.54, 1.807) is 14.0 Å². The third-order valence-corrected chi connectivity index (χ3v) is 3.29. The molecule has 0 unspecified atom stereocenters. The summed E-state index contributed by atoms with van der Waals surface area (Å²) in [6, 6.07) is 8.78. The lowest BCUT2D eigenvalue weighted by atomic mass is 10.1. The summed E-state index contributed by atoms with van der Waals surface area (Å²) in [5.41, 5.74) is 1.97. The second-order valence-corrected chi connectivity index (χ2v) is 4.87. The number of nitrogens with zero attached hydrogens (tertiary/aromatic N) is 4. The maximum absolute atomic E-state index is 11.7. The van der Waals surface area contributed by atoms with Crippen molar-refractivity contribution in [3.63, 3.8) is 0 Å². The highest BCUT2D eigenvalue weighted by Crippen LogP contribution is 2.27. The minimum atomic E-state index is -0.217. The molecule has 0 aliphatic heterocycles. The highest BCUT2D eigenvalue weighted by Gasteiger charge is 2.10. The Morgan fingerprint density at radius 1 is 1.14 bits per heavy atom. The Labute approximate surface area is 125 Å². The average Bonchev–Trinajstić information content (AvgIpc) is 2.90. The minimum absolute atomic E-state index is 0.217. The highest BCUT2D eigenvalue weighted by molar-refractivity contribution is 6.32. The molecule has 21 heavy (non-hydrogen) atoms. The molecule has 3 rings (SSSR count). The smallest absolute Gasteiger partial charge is 0.267 e. The summed E-state index contributed by atoms with van der Waals surface area (Å²) in [5.74, 6) is 0.958. The van der Waals surface area contributed by atoms with Crippen LogP contribution in [-0.4, -0.2) is 20.0 Å². The molecule has 0 fully saturated rings. The van der Waals surface area contributed by atoms with Crippen LogP contribution < -0.4 is 5.56 Å². The van der Waals surface area contributed by atoms with Gasteiger partial charge in [0.25, 0.3) is 5.56 Å². The number of aromatic nitrogens is 4. The Bertz CT molecular complexity index is 852. The van der Waals surface area contributed by atoms with E-state index in [0.717, 1.165) is 11.1 Å². The monoisotopic (exact) mass is 302 g/mol. The number of rotatable bonds is 2. The van der Waals surface area contributed by atoms with Gasteiger partial charge in [-0.05, 0) is 17.7 Å². The summed E-state index contributed by atoms with van der Waals surface area (Å²) in [7, 11) is 1.55. The second-order valence-electron chi connectivity index (χ2n) is 4.51. The lowest BCUT2D eigenvalue weighted by Gasteiger charge is -2.05. The topological polar surface area (TPSA) is 73.8 Å². The Morgan fingerprint density at radius 3 is 2.43 bits per heavy atom. The molecule has 6 nitrogen and oxygen atoms in total. The molecule has 3 aromatic rings. The molecule has 0 radical (unpaired) electrons. The largest absolute Gasteiger partial charge is 0.421 e. The van der Waals surface area contributed by atoms with Crippen molar-refractivity contribution in [2.45, 2.75) is 6.92 Å². The van der Waals surface area contributed by atoms with Crippen LogP contribution in [0.15, 0.2) is 39.5 Å². The summed E-state index contributed by atoms with van der Waals surface area (Å²) in [6.45, 7) is 1.73. The molecule has 0 aliphatic carbocycles. The van der Waals surface area contributed by atoms with Crippen LogP contribution in [0.1, 0.15) is 5.89 Å². The van der Waals surface area contributed by atoms with E-state index in [1.807, 2.05) is 24.3 Å². The molecule has 0 amide bonds. The summed E-state index contributed by atoms with van der Waals surface area (Å²) >= 11 is 6.08. The Morgan fingerprint density at radius 2 is 1.81 bits per heavy atom. The zero-order chi connectivity index (χ0) is 15.0. The number of aryl methyl sites for hydroxylation is 2. The van der Waals surface area contributed by atoms with Gasteiger partial charge in [0.2, 0.25) is 11.8 Å². The van der Waals surface area contributed by atoms with Crippen LogP contribution in [0.4, 0.5) is 0 Å². The van der Waals surface area contributed by atoms with Crippen LogP contribution >= 0.6 is 11.6 Å². The van der Waals surface area contributed by atoms with E-state index in [2.05, 4.69) is 15.3 Å². The van der Waals surface area contributed by atoms with Crippen molar-refractivity contribution in [1.82, 2.24) is 20.0 Å². The van der Waals surface area contributed by atoms with E-state index in [-0.39, 0.29) is 10.7 Å². The van der Waals surface area contributed by atoms with Gasteiger partial charge in [0.05, 0.1) is 0 Å². The van der Waals surface area contributed by atoms with Crippen molar-refractivity contribution >= 4 is 11.6 Å². The molecule has 0 N–H and O–H groups in total. The first-order valence-electron chi connectivity index (χ1n) is 6.19. The van der Waals surface area contributed by atoms with Crippen LogP contribution in [0.5, 0.6) is 0 Å². The lowest BCUT2D eigenvalue weighted by molar-refractivity contribution is 0.533. The van der Waals surface area contributed by atoms with E-state index >= 15 is 0 Å². The number of hydrogen-bond donors (Lipinski definition) is 0. The van der Waals surface area contributed by atoms with E-state index in [9.17, 15) is 4.79 Å². The summed E-state index contributed by atoms with van der Waals surface area (Å²) in [5, 5.41) is 12.0. The lowest BCUT2D eigenvalue weighted by Crippen LogP contribution is -2.18. The average molecular weight is 303 g/mol. The van der Waals surface area contributed by atoms with Gasteiger partial charge < -0.3 is 4.42 Å². The molecule has 0 saturated carbocycles. The SMILES string of the molecule is Cc1nnc(-c2ccc(-c3cc(=O)n(C)nc3Cl)cc2)o1. The molecular formula is C14H11ClN4O2. The number of benzene rings is 1. The summed E-state index contributed by atoms with van der Waals surface area (Å²) in [6.07, 6.45) is 0. The fraction of sp³-hybridized carbons (Fsp3) is 0.143. The Kier molecular flexibility index (Phi) is 3.31. The first kappa shape index (κ1) is 13.5. The standard InChI is InChI=1S/C14H11ClN4O2/c1-8-16-17-14(21-8)10-5-3-9(4-6-10)11-7-12(20)19(2)18-13(11)15/h3-7H,1-2H3. The molecule has 0 atom stereocenters. The minimum Gasteiger partial charge on any atom is -0.421 e. The molecule has 0 saturated heterocycles. The predicted molar refractivity (Wildman–Crippen MR) is 78.0 cm³/mol. The number of halogens is 1. The molecule has 1 aromatic carbocycles. The zero-order valence-electron chi connectivity index (χ0n) is 11.4. The van der Waals surface area contributed by atoms with Gasteiger partial charge in [0, 0.05) is 31.2 Å². The fourth-order valence-electron chi connectivity index (χ4n) is 1.92. The first-order chi connectivity index (χ1) is 10.0. The molecular weight excluding hydrogens is 292 g/mol. The van der Waals surface area contributed by atoms with Gasteiger partial charge in [-0.3, -0.25) is 4.79 Å². The van der Waals surface area contributed by atoms with Crippen molar-refractivity contribution in [3.8, 4) is 22.6 Å². The maximum atomic E-state index is 11.7. The molecule has 106 valence electrons. The van der Waals surface area contributed by atoms with Gasteiger partial charge in [-0.15, -0.1) is 10.2 Å². The van der Waals surface area contributed by atoms with Crippen molar-refractivity contribution in [1.29, 1.82) is 0 Å².